The summed E-state index contributed by atoms with van der Waals surface area (Å²) in [5.41, 5.74) is 0. The van der Waals surface area contributed by atoms with Gasteiger partial charge in [-0.3, -0.25) is 9.59 Å². The molecule has 0 atom stereocenters. The molecule has 31 heavy (non-hydrogen) atoms. The minimum atomic E-state index is -0.0448. The second-order valence-corrected chi connectivity index (χ2v) is 8.80. The molecule has 4 rings (SSSR count). The number of piperidine rings is 1. The number of ether oxygens (including phenoxy) is 1. The average Bonchev–Trinajstić information content (AvgIpc) is 3.21. The van der Waals surface area contributed by atoms with E-state index in [0.717, 1.165) is 37.6 Å². The molecule has 1 fully saturated rings. The lowest BCUT2D eigenvalue weighted by atomic mass is 9.95. The molecular weight excluding hydrogens is 394 g/mol. The Balaban J connectivity index is 1.31. The molecule has 8 heteroatoms. The highest BCUT2D eigenvalue weighted by Gasteiger charge is 2.31. The third-order valence-electron chi connectivity index (χ3n) is 6.04. The molecular formula is C23H31N5O3. The predicted molar refractivity (Wildman–Crippen MR) is 115 cm³/mol. The highest BCUT2D eigenvalue weighted by atomic mass is 16.5. The average molecular weight is 426 g/mol. The number of hydrogen-bond donors (Lipinski definition) is 0. The molecule has 0 bridgehead atoms. The Kier molecular flexibility index (Phi) is 6.53. The number of likely N-dealkylation sites (tertiary alicyclic amines) is 1. The van der Waals surface area contributed by atoms with Crippen molar-refractivity contribution < 1.29 is 14.3 Å². The lowest BCUT2D eigenvalue weighted by Crippen LogP contribution is -2.42. The van der Waals surface area contributed by atoms with Crippen LogP contribution in [0.3, 0.4) is 0 Å². The van der Waals surface area contributed by atoms with Gasteiger partial charge in [0.25, 0.3) is 5.91 Å². The van der Waals surface area contributed by atoms with E-state index in [2.05, 4.69) is 28.6 Å². The van der Waals surface area contributed by atoms with E-state index in [1.54, 1.807) is 4.90 Å². The summed E-state index contributed by atoms with van der Waals surface area (Å²) in [5.74, 6) is 3.42. The van der Waals surface area contributed by atoms with E-state index in [-0.39, 0.29) is 18.4 Å². The molecule has 2 aromatic rings. The molecule has 166 valence electrons. The first-order valence-electron chi connectivity index (χ1n) is 11.2. The number of aromatic nitrogens is 3. The first kappa shape index (κ1) is 21.3. The number of carbonyl (C=O) groups is 2. The summed E-state index contributed by atoms with van der Waals surface area (Å²) in [4.78, 5) is 28.7. The lowest BCUT2D eigenvalue weighted by Gasteiger charge is -2.33. The van der Waals surface area contributed by atoms with E-state index in [0.29, 0.717) is 43.6 Å². The molecule has 0 spiro atoms. The van der Waals surface area contributed by atoms with Crippen LogP contribution < -0.4 is 4.74 Å². The summed E-state index contributed by atoms with van der Waals surface area (Å²) in [7, 11) is 0. The molecule has 2 aliphatic heterocycles. The second kappa shape index (κ2) is 9.49. The number of carbonyl (C=O) groups excluding carboxylic acids is 2. The van der Waals surface area contributed by atoms with E-state index in [1.807, 2.05) is 35.2 Å². The number of amides is 2. The standard InChI is InChI=1S/C23H31N5O3/c1-17(2)14-21(29)26-10-8-18(9-11-26)23-25-24-20-15-27(12-13-28(20)23)22(30)16-31-19-6-4-3-5-7-19/h3-7,17-18H,8-16H2,1-2H3. The smallest absolute Gasteiger partial charge is 0.260 e. The van der Waals surface area contributed by atoms with Crippen LogP contribution in [0.1, 0.15) is 50.7 Å². The van der Waals surface area contributed by atoms with Crippen LogP contribution in [0.5, 0.6) is 5.75 Å². The normalized spacial score (nSPS) is 17.0. The third-order valence-corrected chi connectivity index (χ3v) is 6.04. The van der Waals surface area contributed by atoms with Crippen molar-refractivity contribution in [2.24, 2.45) is 5.92 Å². The molecule has 0 N–H and O–H groups in total. The fourth-order valence-corrected chi connectivity index (χ4v) is 4.31. The van der Waals surface area contributed by atoms with Gasteiger partial charge in [-0.1, -0.05) is 32.0 Å². The van der Waals surface area contributed by atoms with Crippen LogP contribution in [-0.4, -0.2) is 62.6 Å². The topological polar surface area (TPSA) is 80.6 Å². The fourth-order valence-electron chi connectivity index (χ4n) is 4.31. The minimum Gasteiger partial charge on any atom is -0.484 e. The van der Waals surface area contributed by atoms with E-state index >= 15 is 0 Å². The molecule has 0 radical (unpaired) electrons. The maximum Gasteiger partial charge on any atom is 0.260 e. The van der Waals surface area contributed by atoms with Crippen molar-refractivity contribution in [3.63, 3.8) is 0 Å². The van der Waals surface area contributed by atoms with Crippen molar-refractivity contribution in [1.29, 1.82) is 0 Å². The van der Waals surface area contributed by atoms with Gasteiger partial charge in [0.05, 0.1) is 6.54 Å². The summed E-state index contributed by atoms with van der Waals surface area (Å²) >= 11 is 0. The summed E-state index contributed by atoms with van der Waals surface area (Å²) in [6.45, 7) is 7.51. The van der Waals surface area contributed by atoms with Crippen molar-refractivity contribution in [3.05, 3.63) is 42.0 Å². The van der Waals surface area contributed by atoms with Gasteiger partial charge in [0.15, 0.2) is 12.4 Å². The van der Waals surface area contributed by atoms with Gasteiger partial charge in [-0.2, -0.15) is 0 Å². The molecule has 0 aliphatic carbocycles. The van der Waals surface area contributed by atoms with E-state index in [4.69, 9.17) is 4.74 Å². The Morgan fingerprint density at radius 3 is 2.45 bits per heavy atom. The Hall–Kier alpha value is -2.90. The molecule has 2 aliphatic rings. The van der Waals surface area contributed by atoms with Crippen molar-refractivity contribution in [2.75, 3.05) is 26.2 Å². The van der Waals surface area contributed by atoms with Crippen molar-refractivity contribution >= 4 is 11.8 Å². The first-order chi connectivity index (χ1) is 15.0. The zero-order valence-corrected chi connectivity index (χ0v) is 18.4. The minimum absolute atomic E-state index is 0.0217. The number of nitrogens with zero attached hydrogens (tertiary/aromatic N) is 5. The molecule has 0 unspecified atom stereocenters. The zero-order valence-electron chi connectivity index (χ0n) is 18.4. The molecule has 8 nitrogen and oxygen atoms in total. The van der Waals surface area contributed by atoms with Gasteiger partial charge in [-0.25, -0.2) is 0 Å². The van der Waals surface area contributed by atoms with E-state index in [1.165, 1.54) is 0 Å². The van der Waals surface area contributed by atoms with E-state index < -0.39 is 0 Å². The van der Waals surface area contributed by atoms with Crippen molar-refractivity contribution in [3.8, 4) is 5.75 Å². The fraction of sp³-hybridized carbons (Fsp3) is 0.565. The number of rotatable bonds is 6. The van der Waals surface area contributed by atoms with Crippen LogP contribution >= 0.6 is 0 Å². The Bertz CT molecular complexity index is 903. The van der Waals surface area contributed by atoms with Gasteiger partial charge in [0.1, 0.15) is 11.6 Å². The molecule has 1 saturated heterocycles. The first-order valence-corrected chi connectivity index (χ1v) is 11.2. The van der Waals surface area contributed by atoms with Gasteiger partial charge in [-0.05, 0) is 30.9 Å². The molecule has 1 aromatic carbocycles. The van der Waals surface area contributed by atoms with Gasteiger partial charge in [0.2, 0.25) is 5.91 Å². The summed E-state index contributed by atoms with van der Waals surface area (Å²) < 4.78 is 7.76. The number of hydrogen-bond acceptors (Lipinski definition) is 5. The van der Waals surface area contributed by atoms with Gasteiger partial charge in [-0.15, -0.1) is 10.2 Å². The Labute approximate surface area is 183 Å². The van der Waals surface area contributed by atoms with Crippen LogP contribution in [0.15, 0.2) is 30.3 Å². The van der Waals surface area contributed by atoms with Crippen molar-refractivity contribution in [1.82, 2.24) is 24.6 Å². The van der Waals surface area contributed by atoms with Gasteiger partial charge in [0, 0.05) is 38.5 Å². The molecule has 1 aromatic heterocycles. The number of benzene rings is 1. The summed E-state index contributed by atoms with van der Waals surface area (Å²) in [6, 6.07) is 9.37. The van der Waals surface area contributed by atoms with Crippen LogP contribution in [0.4, 0.5) is 0 Å². The largest absolute Gasteiger partial charge is 0.484 e. The SMILES string of the molecule is CC(C)CC(=O)N1CCC(c2nnc3n2CCN(C(=O)COc2ccccc2)C3)CC1. The van der Waals surface area contributed by atoms with Gasteiger partial charge < -0.3 is 19.1 Å². The van der Waals surface area contributed by atoms with Crippen molar-refractivity contribution in [2.45, 2.75) is 52.1 Å². The molecule has 0 saturated carbocycles. The maximum atomic E-state index is 12.6. The number of fused-ring (bicyclic) bond motifs is 1. The highest BCUT2D eigenvalue weighted by molar-refractivity contribution is 5.78. The van der Waals surface area contributed by atoms with Crippen LogP contribution in [-0.2, 0) is 22.7 Å². The summed E-state index contributed by atoms with van der Waals surface area (Å²) in [5, 5.41) is 8.84. The molecule has 2 amide bonds. The highest BCUT2D eigenvalue weighted by Crippen LogP contribution is 2.29. The predicted octanol–water partition coefficient (Wildman–Crippen LogP) is 2.45. The summed E-state index contributed by atoms with van der Waals surface area (Å²) in [6.07, 6.45) is 2.44. The van der Waals surface area contributed by atoms with E-state index in [9.17, 15) is 9.59 Å². The second-order valence-electron chi connectivity index (χ2n) is 8.80. The van der Waals surface area contributed by atoms with Crippen LogP contribution in [0, 0.1) is 5.92 Å². The zero-order chi connectivity index (χ0) is 21.8. The third kappa shape index (κ3) is 5.06. The van der Waals surface area contributed by atoms with Gasteiger partial charge >= 0.3 is 0 Å². The van der Waals surface area contributed by atoms with Crippen LogP contribution in [0.25, 0.3) is 0 Å². The number of para-hydroxylation sites is 1. The van der Waals surface area contributed by atoms with Crippen LogP contribution in [0.2, 0.25) is 0 Å². The maximum absolute atomic E-state index is 12.6. The lowest BCUT2D eigenvalue weighted by molar-refractivity contribution is -0.135. The quantitative estimate of drug-likeness (QED) is 0.710. The Morgan fingerprint density at radius 2 is 1.74 bits per heavy atom. The monoisotopic (exact) mass is 425 g/mol. The molecule has 3 heterocycles. The Morgan fingerprint density at radius 1 is 1.00 bits per heavy atom.